The van der Waals surface area contributed by atoms with Gasteiger partial charge in [-0.15, -0.1) is 0 Å². The van der Waals surface area contributed by atoms with Gasteiger partial charge in [0, 0.05) is 25.3 Å². The molecule has 0 unspecified atom stereocenters. The summed E-state index contributed by atoms with van der Waals surface area (Å²) < 4.78 is 0. The number of hydrogen-bond acceptors (Lipinski definition) is 3. The molecule has 1 fully saturated rings. The predicted octanol–water partition coefficient (Wildman–Crippen LogP) is 2.35. The second-order valence-corrected chi connectivity index (χ2v) is 5.81. The Bertz CT molecular complexity index is 676. The average molecular weight is 282 g/mol. The summed E-state index contributed by atoms with van der Waals surface area (Å²) in [6.07, 6.45) is 5.78. The van der Waals surface area contributed by atoms with E-state index in [1.165, 1.54) is 24.1 Å². The molecule has 21 heavy (non-hydrogen) atoms. The lowest BCUT2D eigenvalue weighted by molar-refractivity contribution is 0.0986. The van der Waals surface area contributed by atoms with E-state index in [1.54, 1.807) is 12.4 Å². The van der Waals surface area contributed by atoms with E-state index < -0.39 is 0 Å². The van der Waals surface area contributed by atoms with Crippen LogP contribution in [0.1, 0.15) is 28.8 Å². The minimum atomic E-state index is 0.0195. The van der Waals surface area contributed by atoms with E-state index >= 15 is 0 Å². The zero-order valence-electron chi connectivity index (χ0n) is 12.0. The van der Waals surface area contributed by atoms with E-state index in [0.717, 1.165) is 18.8 Å². The molecular formula is C16H18N4O. The molecule has 1 saturated carbocycles. The lowest BCUT2D eigenvalue weighted by atomic mass is 10.1. The molecule has 2 heterocycles. The number of amides is 1. The predicted molar refractivity (Wildman–Crippen MR) is 81.8 cm³/mol. The van der Waals surface area contributed by atoms with Gasteiger partial charge in [-0.05, 0) is 31.4 Å². The van der Waals surface area contributed by atoms with Gasteiger partial charge in [0.05, 0.1) is 23.1 Å². The van der Waals surface area contributed by atoms with Crippen LogP contribution in [-0.4, -0.2) is 35.2 Å². The fourth-order valence-electron chi connectivity index (χ4n) is 3.16. The molecule has 0 saturated heterocycles. The average Bonchev–Trinajstić information content (AvgIpc) is 3.20. The molecule has 4 rings (SSSR count). The summed E-state index contributed by atoms with van der Waals surface area (Å²) in [5.74, 6) is 0.0195. The highest BCUT2D eigenvalue weighted by Gasteiger charge is 2.36. The molecule has 0 spiro atoms. The second kappa shape index (κ2) is 4.62. The van der Waals surface area contributed by atoms with Crippen molar-refractivity contribution in [1.29, 1.82) is 0 Å². The Morgan fingerprint density at radius 1 is 1.33 bits per heavy atom. The van der Waals surface area contributed by atoms with Gasteiger partial charge in [0.25, 0.3) is 5.91 Å². The number of aromatic nitrogens is 2. The van der Waals surface area contributed by atoms with Crippen molar-refractivity contribution in [2.75, 3.05) is 22.9 Å². The van der Waals surface area contributed by atoms with E-state index in [2.05, 4.69) is 34.2 Å². The largest absolute Gasteiger partial charge is 0.365 e. The Balaban J connectivity index is 1.76. The van der Waals surface area contributed by atoms with Crippen LogP contribution in [-0.2, 0) is 0 Å². The minimum Gasteiger partial charge on any atom is -0.365 e. The molecule has 1 amide bonds. The third-order valence-electron chi connectivity index (χ3n) is 4.34. The fourth-order valence-corrected chi connectivity index (χ4v) is 3.16. The van der Waals surface area contributed by atoms with Gasteiger partial charge in [-0.25, -0.2) is 0 Å². The Kier molecular flexibility index (Phi) is 2.74. The quantitative estimate of drug-likeness (QED) is 0.920. The second-order valence-electron chi connectivity index (χ2n) is 5.81. The first kappa shape index (κ1) is 12.4. The molecule has 1 aromatic carbocycles. The summed E-state index contributed by atoms with van der Waals surface area (Å²) in [6.45, 7) is 3.77. The molecule has 2 aliphatic rings. The highest BCUT2D eigenvalue weighted by molar-refractivity contribution is 6.08. The Hall–Kier alpha value is -2.30. The van der Waals surface area contributed by atoms with Gasteiger partial charge >= 0.3 is 0 Å². The highest BCUT2D eigenvalue weighted by Crippen LogP contribution is 2.42. The number of nitrogens with one attached hydrogen (secondary N) is 1. The van der Waals surface area contributed by atoms with Crippen LogP contribution >= 0.6 is 0 Å². The maximum atomic E-state index is 12.7. The number of H-pyrrole nitrogens is 1. The first-order valence-electron chi connectivity index (χ1n) is 7.42. The monoisotopic (exact) mass is 282 g/mol. The standard InChI is InChI=1S/C16H18N4O/c1-11-3-2-4-14-15(11)19(13-5-6-13)7-8-20(14)16(21)12-9-17-18-10-12/h2-4,9-10,13H,5-8H2,1H3,(H,17,18). The van der Waals surface area contributed by atoms with Gasteiger partial charge in [-0.1, -0.05) is 12.1 Å². The number of para-hydroxylation sites is 1. The number of hydrogen-bond donors (Lipinski definition) is 1. The smallest absolute Gasteiger partial charge is 0.261 e. The van der Waals surface area contributed by atoms with E-state index in [4.69, 9.17) is 0 Å². The van der Waals surface area contributed by atoms with Crippen LogP contribution in [0, 0.1) is 6.92 Å². The summed E-state index contributed by atoms with van der Waals surface area (Å²) >= 11 is 0. The van der Waals surface area contributed by atoms with Crippen LogP contribution in [0.3, 0.4) is 0 Å². The Morgan fingerprint density at radius 2 is 2.19 bits per heavy atom. The van der Waals surface area contributed by atoms with E-state index in [0.29, 0.717) is 11.6 Å². The Morgan fingerprint density at radius 3 is 2.90 bits per heavy atom. The van der Waals surface area contributed by atoms with Crippen LogP contribution in [0.5, 0.6) is 0 Å². The number of carbonyl (C=O) groups excluding carboxylic acids is 1. The number of carbonyl (C=O) groups is 1. The van der Waals surface area contributed by atoms with Gasteiger partial charge in [0.1, 0.15) is 0 Å². The minimum absolute atomic E-state index is 0.0195. The molecule has 1 N–H and O–H groups in total. The maximum Gasteiger partial charge on any atom is 0.261 e. The van der Waals surface area contributed by atoms with Crippen LogP contribution < -0.4 is 9.80 Å². The molecule has 0 atom stereocenters. The van der Waals surface area contributed by atoms with Gasteiger partial charge in [-0.3, -0.25) is 9.89 Å². The number of nitrogens with zero attached hydrogens (tertiary/aromatic N) is 3. The van der Waals surface area contributed by atoms with Crippen LogP contribution in [0.2, 0.25) is 0 Å². The first-order chi connectivity index (χ1) is 10.3. The third-order valence-corrected chi connectivity index (χ3v) is 4.34. The number of anilines is 2. The summed E-state index contributed by atoms with van der Waals surface area (Å²) in [5.41, 5.74) is 4.11. The van der Waals surface area contributed by atoms with Crippen LogP contribution in [0.25, 0.3) is 0 Å². The maximum absolute atomic E-state index is 12.7. The van der Waals surface area contributed by atoms with Crippen LogP contribution in [0.15, 0.2) is 30.6 Å². The summed E-state index contributed by atoms with van der Waals surface area (Å²) in [7, 11) is 0. The number of fused-ring (bicyclic) bond motifs is 1. The molecule has 1 aromatic heterocycles. The van der Waals surface area contributed by atoms with Crippen molar-refractivity contribution in [2.24, 2.45) is 0 Å². The zero-order chi connectivity index (χ0) is 14.4. The number of benzene rings is 1. The number of aryl methyl sites for hydroxylation is 1. The number of aromatic amines is 1. The SMILES string of the molecule is Cc1cccc2c1N(C1CC1)CCN2C(=O)c1cn[nH]c1. The van der Waals surface area contributed by atoms with Gasteiger partial charge in [0.2, 0.25) is 0 Å². The molecule has 108 valence electrons. The molecular weight excluding hydrogens is 264 g/mol. The Labute approximate surface area is 123 Å². The van der Waals surface area contributed by atoms with Crippen LogP contribution in [0.4, 0.5) is 11.4 Å². The lowest BCUT2D eigenvalue weighted by Crippen LogP contribution is -2.45. The molecule has 1 aliphatic carbocycles. The summed E-state index contributed by atoms with van der Waals surface area (Å²) in [5, 5.41) is 6.60. The topological polar surface area (TPSA) is 52.2 Å². The molecule has 5 heteroatoms. The molecule has 0 bridgehead atoms. The third kappa shape index (κ3) is 2.00. The summed E-state index contributed by atoms with van der Waals surface area (Å²) in [4.78, 5) is 17.0. The van der Waals surface area contributed by atoms with E-state index in [9.17, 15) is 4.79 Å². The van der Waals surface area contributed by atoms with Crippen molar-refractivity contribution in [3.63, 3.8) is 0 Å². The number of rotatable bonds is 2. The van der Waals surface area contributed by atoms with Crippen molar-refractivity contribution >= 4 is 17.3 Å². The van der Waals surface area contributed by atoms with E-state index in [1.807, 2.05) is 11.0 Å². The van der Waals surface area contributed by atoms with Crippen molar-refractivity contribution in [3.05, 3.63) is 41.7 Å². The zero-order valence-corrected chi connectivity index (χ0v) is 12.0. The molecule has 5 nitrogen and oxygen atoms in total. The molecule has 0 radical (unpaired) electrons. The normalized spacial score (nSPS) is 17.8. The highest BCUT2D eigenvalue weighted by atomic mass is 16.2. The van der Waals surface area contributed by atoms with Gasteiger partial charge < -0.3 is 9.80 Å². The van der Waals surface area contributed by atoms with Gasteiger partial charge in [0.15, 0.2) is 0 Å². The lowest BCUT2D eigenvalue weighted by Gasteiger charge is -2.39. The van der Waals surface area contributed by atoms with Crippen molar-refractivity contribution in [1.82, 2.24) is 10.2 Å². The van der Waals surface area contributed by atoms with Crippen molar-refractivity contribution in [3.8, 4) is 0 Å². The van der Waals surface area contributed by atoms with Gasteiger partial charge in [-0.2, -0.15) is 5.10 Å². The molecule has 2 aromatic rings. The molecule has 1 aliphatic heterocycles. The summed E-state index contributed by atoms with van der Waals surface area (Å²) in [6, 6.07) is 6.87. The fraction of sp³-hybridized carbons (Fsp3) is 0.375. The van der Waals surface area contributed by atoms with Crippen molar-refractivity contribution in [2.45, 2.75) is 25.8 Å². The van der Waals surface area contributed by atoms with Crippen molar-refractivity contribution < 1.29 is 4.79 Å². The first-order valence-corrected chi connectivity index (χ1v) is 7.42. The van der Waals surface area contributed by atoms with E-state index in [-0.39, 0.29) is 5.91 Å².